The molecule has 3 heteroatoms. The van der Waals surface area contributed by atoms with Crippen molar-refractivity contribution in [2.75, 3.05) is 0 Å². The quantitative estimate of drug-likeness (QED) is 0.615. The summed E-state index contributed by atoms with van der Waals surface area (Å²) in [5.41, 5.74) is 0. The molecule has 0 aromatic heterocycles. The predicted octanol–water partition coefficient (Wildman–Crippen LogP) is 3.51. The minimum absolute atomic E-state index is 0.625. The monoisotopic (exact) mass is 374 g/mol. The Balaban J connectivity index is 2.20. The van der Waals surface area contributed by atoms with Crippen molar-refractivity contribution < 1.29 is 0 Å². The summed E-state index contributed by atoms with van der Waals surface area (Å²) < 4.78 is 3.87. The number of hydrogen-bond acceptors (Lipinski definition) is 0. The van der Waals surface area contributed by atoms with Gasteiger partial charge in [0, 0.05) is 0 Å². The van der Waals surface area contributed by atoms with Crippen molar-refractivity contribution in [3.8, 4) is 0 Å². The number of rotatable bonds is 3. The van der Waals surface area contributed by atoms with Gasteiger partial charge in [0.2, 0.25) is 0 Å². The van der Waals surface area contributed by atoms with Crippen molar-refractivity contribution in [2.24, 2.45) is 0 Å². The predicted molar refractivity (Wildman–Crippen MR) is 94.0 cm³/mol. The molecule has 0 atom stereocenters. The number of hydrogen-bond donors (Lipinski definition) is 0. The van der Waals surface area contributed by atoms with Crippen LogP contribution in [0.3, 0.4) is 0 Å². The van der Waals surface area contributed by atoms with Gasteiger partial charge < -0.3 is 0 Å². The number of benzene rings is 3. The summed E-state index contributed by atoms with van der Waals surface area (Å²) in [6, 6.07) is 27.1. The fraction of sp³-hybridized carbons (Fsp3) is 0. The summed E-state index contributed by atoms with van der Waals surface area (Å²) in [7, 11) is 0. The Hall–Kier alpha value is -1.20. The Morgan fingerprint density at radius 3 is 1.62 bits per heavy atom. The number of halogens is 2. The van der Waals surface area contributed by atoms with Gasteiger partial charge in [0.15, 0.2) is 0 Å². The van der Waals surface area contributed by atoms with Crippen LogP contribution in [0.4, 0.5) is 0 Å². The van der Waals surface area contributed by atoms with E-state index in [1.54, 1.807) is 0 Å². The van der Waals surface area contributed by atoms with E-state index in [0.717, 1.165) is 0 Å². The third-order valence-electron chi connectivity index (χ3n) is 3.20. The maximum atomic E-state index is 6.49. The summed E-state index contributed by atoms with van der Waals surface area (Å²) in [6.07, 6.45) is 0. The summed E-state index contributed by atoms with van der Waals surface area (Å²) in [5, 5.41) is 1.31. The molecule has 0 aliphatic carbocycles. The van der Waals surface area contributed by atoms with Crippen LogP contribution < -0.4 is 13.1 Å². The second kappa shape index (κ2) is 6.71. The van der Waals surface area contributed by atoms with E-state index >= 15 is 0 Å². The van der Waals surface area contributed by atoms with Crippen molar-refractivity contribution >= 4 is 50.9 Å². The van der Waals surface area contributed by atoms with Gasteiger partial charge in [0.1, 0.15) is 0 Å². The molecule has 0 nitrogen and oxygen atoms in total. The van der Waals surface area contributed by atoms with Gasteiger partial charge in [-0.2, -0.15) is 0 Å². The average molecular weight is 375 g/mol. The van der Waals surface area contributed by atoms with Crippen LogP contribution in [0.1, 0.15) is 0 Å². The van der Waals surface area contributed by atoms with E-state index < -0.39 is 14.7 Å². The van der Waals surface area contributed by atoms with Gasteiger partial charge >= 0.3 is 140 Å². The van der Waals surface area contributed by atoms with Crippen molar-refractivity contribution in [1.82, 2.24) is 0 Å². The zero-order valence-corrected chi connectivity index (χ0v) is 14.6. The van der Waals surface area contributed by atoms with Crippen molar-refractivity contribution in [3.05, 3.63) is 88.9 Å². The molecule has 0 saturated heterocycles. The van der Waals surface area contributed by atoms with E-state index in [4.69, 9.17) is 23.2 Å². The molecule has 0 N–H and O–H groups in total. The van der Waals surface area contributed by atoms with Gasteiger partial charge in [-0.25, -0.2) is 0 Å². The molecule has 0 bridgehead atoms. The first-order chi connectivity index (χ1) is 10.3. The van der Waals surface area contributed by atoms with E-state index in [9.17, 15) is 0 Å². The molecule has 3 aromatic carbocycles. The van der Waals surface area contributed by atoms with Crippen LogP contribution in [-0.2, 0) is 0 Å². The van der Waals surface area contributed by atoms with Gasteiger partial charge in [-0.1, -0.05) is 0 Å². The SMILES string of the molecule is Clc1cccc([As](c2ccccc2)c2ccccc2)c1Cl. The van der Waals surface area contributed by atoms with Gasteiger partial charge in [0.05, 0.1) is 0 Å². The second-order valence-electron chi connectivity index (χ2n) is 4.58. The molecule has 21 heavy (non-hydrogen) atoms. The first-order valence-corrected chi connectivity index (χ1v) is 10.2. The van der Waals surface area contributed by atoms with E-state index in [1.165, 1.54) is 13.1 Å². The Kier molecular flexibility index (Phi) is 4.70. The van der Waals surface area contributed by atoms with Crippen LogP contribution in [0, 0.1) is 0 Å². The molecular weight excluding hydrogens is 362 g/mol. The van der Waals surface area contributed by atoms with Crippen molar-refractivity contribution in [3.63, 3.8) is 0 Å². The van der Waals surface area contributed by atoms with Gasteiger partial charge in [-0.05, 0) is 0 Å². The summed E-state index contributed by atoms with van der Waals surface area (Å²) >= 11 is 11.0. The van der Waals surface area contributed by atoms with Gasteiger partial charge in [0.25, 0.3) is 0 Å². The summed E-state index contributed by atoms with van der Waals surface area (Å²) in [5.74, 6) is 0. The van der Waals surface area contributed by atoms with Crippen molar-refractivity contribution in [2.45, 2.75) is 0 Å². The molecule has 0 fully saturated rings. The van der Waals surface area contributed by atoms with E-state index in [1.807, 2.05) is 24.3 Å². The fourth-order valence-electron chi connectivity index (χ4n) is 2.25. The average Bonchev–Trinajstić information content (AvgIpc) is 2.54. The van der Waals surface area contributed by atoms with E-state index in [0.29, 0.717) is 10.0 Å². The Labute approximate surface area is 139 Å². The minimum atomic E-state index is -1.68. The molecule has 0 amide bonds. The van der Waals surface area contributed by atoms with Gasteiger partial charge in [-0.15, -0.1) is 0 Å². The van der Waals surface area contributed by atoms with Crippen molar-refractivity contribution in [1.29, 1.82) is 0 Å². The zero-order valence-electron chi connectivity index (χ0n) is 11.2. The molecule has 0 heterocycles. The van der Waals surface area contributed by atoms with E-state index in [2.05, 4.69) is 54.6 Å². The van der Waals surface area contributed by atoms with Crippen LogP contribution in [0.2, 0.25) is 10.0 Å². The summed E-state index contributed by atoms with van der Waals surface area (Å²) in [4.78, 5) is 0. The Morgan fingerprint density at radius 1 is 0.571 bits per heavy atom. The molecule has 0 saturated carbocycles. The maximum absolute atomic E-state index is 6.49. The molecular formula is C18H13AsCl2. The zero-order chi connectivity index (χ0) is 14.7. The van der Waals surface area contributed by atoms with Crippen LogP contribution in [0.25, 0.3) is 0 Å². The molecule has 0 aliphatic heterocycles. The Bertz CT molecular complexity index is 687. The fourth-order valence-corrected chi connectivity index (χ4v) is 8.05. The molecule has 0 aliphatic rings. The molecule has 3 aromatic rings. The third kappa shape index (κ3) is 3.19. The molecule has 3 rings (SSSR count). The molecule has 104 valence electrons. The van der Waals surface area contributed by atoms with Crippen LogP contribution in [-0.4, -0.2) is 14.7 Å². The van der Waals surface area contributed by atoms with Crippen LogP contribution in [0.15, 0.2) is 78.9 Å². The standard InChI is InChI=1S/C18H13AsCl2/c20-17-13-7-12-16(18(17)21)19(14-8-3-1-4-9-14)15-10-5-2-6-11-15/h1-13H. The molecule has 0 radical (unpaired) electrons. The van der Waals surface area contributed by atoms with Crippen LogP contribution >= 0.6 is 23.2 Å². The normalized spacial score (nSPS) is 10.8. The topological polar surface area (TPSA) is 0 Å². The third-order valence-corrected chi connectivity index (χ3v) is 9.52. The first-order valence-electron chi connectivity index (χ1n) is 6.61. The molecule has 0 unspecified atom stereocenters. The Morgan fingerprint density at radius 2 is 1.10 bits per heavy atom. The first kappa shape index (κ1) is 14.7. The summed E-state index contributed by atoms with van der Waals surface area (Å²) in [6.45, 7) is 0. The van der Waals surface area contributed by atoms with Gasteiger partial charge in [-0.3, -0.25) is 0 Å². The van der Waals surface area contributed by atoms with Crippen LogP contribution in [0.5, 0.6) is 0 Å². The second-order valence-corrected chi connectivity index (χ2v) is 9.95. The molecule has 0 spiro atoms. The van der Waals surface area contributed by atoms with E-state index in [-0.39, 0.29) is 0 Å².